The van der Waals surface area contributed by atoms with Crippen LogP contribution in [0.3, 0.4) is 0 Å². The molecule has 0 amide bonds. The van der Waals surface area contributed by atoms with Crippen molar-refractivity contribution in [1.82, 2.24) is 10.3 Å². The van der Waals surface area contributed by atoms with Gasteiger partial charge in [0.15, 0.2) is 0 Å². The average molecular weight is 452 g/mol. The number of halogens is 2. The van der Waals surface area contributed by atoms with Gasteiger partial charge in [-0.1, -0.05) is 59.6 Å². The number of aliphatic hydroxyl groups excluding tert-OH is 1. The number of hydrogen-bond acceptors (Lipinski definition) is 5. The van der Waals surface area contributed by atoms with Crippen LogP contribution in [0.25, 0.3) is 11.9 Å². The highest BCUT2D eigenvalue weighted by molar-refractivity contribution is 6.42. The second-order valence-corrected chi connectivity index (χ2v) is 8.10. The second-order valence-electron chi connectivity index (χ2n) is 7.29. The highest BCUT2D eigenvalue weighted by Gasteiger charge is 2.33. The van der Waals surface area contributed by atoms with Gasteiger partial charge in [-0.15, -0.1) is 0 Å². The summed E-state index contributed by atoms with van der Waals surface area (Å²) in [5.74, 6) is 0.895. The standard InChI is InChI=1S/C24H19Cl2N3O2/c1-31-18-9-6-15(7-10-18)13-28-14-16-4-2-3-5-19(16)22-23(28)24(30)29(27-22)17-8-11-20(25)21(26)12-17/h2-12,14,27,30H,13H2,1H3. The number of nitrogens with zero attached hydrogens (tertiary/aromatic N) is 2. The van der Waals surface area contributed by atoms with Crippen LogP contribution in [0.5, 0.6) is 5.75 Å². The first-order valence-corrected chi connectivity index (χ1v) is 10.5. The van der Waals surface area contributed by atoms with Gasteiger partial charge < -0.3 is 14.7 Å². The fraction of sp³-hybridized carbons (Fsp3) is 0.0833. The van der Waals surface area contributed by atoms with Gasteiger partial charge in [0.1, 0.15) is 11.4 Å². The van der Waals surface area contributed by atoms with Gasteiger partial charge in [-0.05, 0) is 35.9 Å². The van der Waals surface area contributed by atoms with Gasteiger partial charge in [0, 0.05) is 23.2 Å². The van der Waals surface area contributed by atoms with E-state index < -0.39 is 0 Å². The van der Waals surface area contributed by atoms with E-state index in [4.69, 9.17) is 27.9 Å². The van der Waals surface area contributed by atoms with Crippen molar-refractivity contribution in [3.63, 3.8) is 0 Å². The fourth-order valence-electron chi connectivity index (χ4n) is 3.83. The molecule has 3 aromatic carbocycles. The first kappa shape index (κ1) is 19.7. The minimum atomic E-state index is 0.0904. The summed E-state index contributed by atoms with van der Waals surface area (Å²) in [7, 11) is 1.65. The number of nitrogens with one attached hydrogen (secondary N) is 1. The second kappa shape index (κ2) is 7.76. The predicted molar refractivity (Wildman–Crippen MR) is 124 cm³/mol. The highest BCUT2D eigenvalue weighted by atomic mass is 35.5. The molecular formula is C24H19Cl2N3O2. The van der Waals surface area contributed by atoms with E-state index in [0.29, 0.717) is 28.0 Å². The number of hydrogen-bond donors (Lipinski definition) is 2. The third kappa shape index (κ3) is 3.46. The minimum Gasteiger partial charge on any atom is -0.497 e. The molecular weight excluding hydrogens is 433 g/mol. The van der Waals surface area contributed by atoms with E-state index in [1.165, 1.54) is 0 Å². The van der Waals surface area contributed by atoms with Crippen LogP contribution >= 0.6 is 23.2 Å². The Morgan fingerprint density at radius 3 is 2.48 bits per heavy atom. The summed E-state index contributed by atoms with van der Waals surface area (Å²) in [4.78, 5) is 2.04. The zero-order chi connectivity index (χ0) is 21.5. The lowest BCUT2D eigenvalue weighted by molar-refractivity contribution is 0.367. The third-order valence-electron chi connectivity index (χ3n) is 5.37. The molecule has 2 N–H and O–H groups in total. The van der Waals surface area contributed by atoms with Gasteiger partial charge in [0.2, 0.25) is 5.88 Å². The molecule has 5 nitrogen and oxygen atoms in total. The lowest BCUT2D eigenvalue weighted by Gasteiger charge is -2.25. The molecule has 0 fully saturated rings. The number of fused-ring (bicyclic) bond motifs is 2. The van der Waals surface area contributed by atoms with Crippen molar-refractivity contribution in [2.24, 2.45) is 0 Å². The predicted octanol–water partition coefficient (Wildman–Crippen LogP) is 4.12. The number of benzene rings is 3. The summed E-state index contributed by atoms with van der Waals surface area (Å²) in [6, 6.07) is 21.2. The Labute approximate surface area is 189 Å². The number of aliphatic hydroxyl groups is 1. The largest absolute Gasteiger partial charge is 0.497 e. The van der Waals surface area contributed by atoms with Gasteiger partial charge in [0.05, 0.1) is 28.5 Å². The molecule has 0 saturated carbocycles. The number of ether oxygens (including phenoxy) is 1. The van der Waals surface area contributed by atoms with Crippen molar-refractivity contribution in [3.8, 4) is 5.75 Å². The van der Waals surface area contributed by atoms with Crippen LogP contribution < -0.4 is 25.6 Å². The maximum Gasteiger partial charge on any atom is 0.237 e. The van der Waals surface area contributed by atoms with Crippen LogP contribution in [0.2, 0.25) is 10.0 Å². The van der Waals surface area contributed by atoms with Crippen LogP contribution in [-0.4, -0.2) is 17.1 Å². The summed E-state index contributed by atoms with van der Waals surface area (Å²) in [5, 5.41) is 15.8. The van der Waals surface area contributed by atoms with Crippen molar-refractivity contribution in [2.75, 3.05) is 12.1 Å². The molecule has 0 atom stereocenters. The average Bonchev–Trinajstić information content (AvgIpc) is 3.14. The summed E-state index contributed by atoms with van der Waals surface area (Å²) < 4.78 is 5.26. The monoisotopic (exact) mass is 451 g/mol. The molecule has 156 valence electrons. The number of anilines is 1. The first-order chi connectivity index (χ1) is 15.0. The van der Waals surface area contributed by atoms with Gasteiger partial charge in [-0.2, -0.15) is 0 Å². The highest BCUT2D eigenvalue weighted by Crippen LogP contribution is 2.34. The summed E-state index contributed by atoms with van der Waals surface area (Å²) in [6.07, 6.45) is 2.05. The van der Waals surface area contributed by atoms with E-state index in [9.17, 15) is 5.11 Å². The quantitative estimate of drug-likeness (QED) is 0.624. The van der Waals surface area contributed by atoms with E-state index in [1.807, 2.05) is 47.4 Å². The molecule has 0 radical (unpaired) electrons. The first-order valence-electron chi connectivity index (χ1n) is 9.71. The Hall–Kier alpha value is -3.28. The SMILES string of the molecule is COc1ccc(CN2C=c3ccccc3=C3NN(c4ccc(Cl)c(Cl)c4)C(O)=C32)cc1. The Morgan fingerprint density at radius 2 is 1.74 bits per heavy atom. The zero-order valence-electron chi connectivity index (χ0n) is 16.6. The Balaban J connectivity index is 1.61. The van der Waals surface area contributed by atoms with Crippen molar-refractivity contribution in [3.05, 3.63) is 104 Å². The van der Waals surface area contributed by atoms with Gasteiger partial charge in [0.25, 0.3) is 0 Å². The molecule has 0 aliphatic carbocycles. The Kier molecular flexibility index (Phi) is 4.93. The molecule has 2 aliphatic rings. The number of hydrazine groups is 1. The smallest absolute Gasteiger partial charge is 0.237 e. The van der Waals surface area contributed by atoms with Crippen LogP contribution in [-0.2, 0) is 6.54 Å². The molecule has 2 aliphatic heterocycles. The van der Waals surface area contributed by atoms with Gasteiger partial charge in [-0.25, -0.2) is 5.01 Å². The minimum absolute atomic E-state index is 0.0904. The van der Waals surface area contributed by atoms with E-state index in [0.717, 1.165) is 27.4 Å². The molecule has 0 spiro atoms. The zero-order valence-corrected chi connectivity index (χ0v) is 18.2. The van der Waals surface area contributed by atoms with Crippen molar-refractivity contribution in [2.45, 2.75) is 6.54 Å². The maximum absolute atomic E-state index is 11.2. The molecule has 3 aromatic rings. The maximum atomic E-state index is 11.2. The molecule has 0 unspecified atom stereocenters. The van der Waals surface area contributed by atoms with Crippen LogP contribution in [0, 0.1) is 0 Å². The molecule has 0 aromatic heterocycles. The number of methoxy groups -OCH3 is 1. The Bertz CT molecular complexity index is 1320. The van der Waals surface area contributed by atoms with E-state index in [-0.39, 0.29) is 5.88 Å². The van der Waals surface area contributed by atoms with Crippen molar-refractivity contribution in [1.29, 1.82) is 0 Å². The molecule has 0 saturated heterocycles. The molecule has 5 rings (SSSR count). The lowest BCUT2D eigenvalue weighted by Crippen LogP contribution is -2.40. The normalized spacial score (nSPS) is 14.7. The molecule has 31 heavy (non-hydrogen) atoms. The summed E-state index contributed by atoms with van der Waals surface area (Å²) in [6.45, 7) is 0.581. The van der Waals surface area contributed by atoms with Gasteiger partial charge >= 0.3 is 0 Å². The van der Waals surface area contributed by atoms with Crippen molar-refractivity contribution >= 4 is 40.8 Å². The summed E-state index contributed by atoms with van der Waals surface area (Å²) >= 11 is 12.3. The van der Waals surface area contributed by atoms with Crippen molar-refractivity contribution < 1.29 is 9.84 Å². The third-order valence-corrected chi connectivity index (χ3v) is 6.11. The van der Waals surface area contributed by atoms with E-state index >= 15 is 0 Å². The number of rotatable bonds is 4. The molecule has 2 heterocycles. The van der Waals surface area contributed by atoms with Crippen LogP contribution in [0.4, 0.5) is 5.69 Å². The van der Waals surface area contributed by atoms with E-state index in [2.05, 4.69) is 17.7 Å². The summed E-state index contributed by atoms with van der Waals surface area (Å²) in [5.41, 5.74) is 6.63. The van der Waals surface area contributed by atoms with E-state index in [1.54, 1.807) is 30.3 Å². The fourth-order valence-corrected chi connectivity index (χ4v) is 4.12. The Morgan fingerprint density at radius 1 is 0.968 bits per heavy atom. The lowest BCUT2D eigenvalue weighted by atomic mass is 10.1. The van der Waals surface area contributed by atoms with Gasteiger partial charge in [-0.3, -0.25) is 5.43 Å². The molecule has 0 bridgehead atoms. The topological polar surface area (TPSA) is 48.0 Å². The van der Waals surface area contributed by atoms with Crippen LogP contribution in [0.15, 0.2) is 78.3 Å². The van der Waals surface area contributed by atoms with Crippen LogP contribution in [0.1, 0.15) is 5.56 Å². The molecule has 7 heteroatoms.